The van der Waals surface area contributed by atoms with Gasteiger partial charge in [-0.05, 0) is 33.2 Å². The molecule has 37 heavy (non-hydrogen) atoms. The second-order valence-electron chi connectivity index (χ2n) is 10.6. The van der Waals surface area contributed by atoms with Gasteiger partial charge in [0.05, 0.1) is 35.4 Å². The van der Waals surface area contributed by atoms with Crippen LogP contribution in [-0.4, -0.2) is 70.0 Å². The van der Waals surface area contributed by atoms with Crippen LogP contribution in [-0.2, 0) is 18.8 Å². The molecule has 0 spiro atoms. The average molecular weight is 532 g/mol. The lowest BCUT2D eigenvalue weighted by atomic mass is 9.79. The number of ether oxygens (including phenoxy) is 3. The summed E-state index contributed by atoms with van der Waals surface area (Å²) in [6, 6.07) is 9.97. The van der Waals surface area contributed by atoms with Crippen molar-refractivity contribution in [3.63, 3.8) is 0 Å². The number of nitrogens with zero attached hydrogens (tertiary/aromatic N) is 2. The Morgan fingerprint density at radius 3 is 2.41 bits per heavy atom. The molecule has 0 unspecified atom stereocenters. The summed E-state index contributed by atoms with van der Waals surface area (Å²) < 4.78 is 59.6. The van der Waals surface area contributed by atoms with E-state index in [4.69, 9.17) is 23.5 Å². The molecule has 0 saturated carbocycles. The van der Waals surface area contributed by atoms with E-state index in [1.165, 1.54) is 6.07 Å². The molecular weight excluding hydrogens is 505 g/mol. The maximum atomic E-state index is 15.2. The fraction of sp³-hybridized carbons (Fsp3) is 0.480. The summed E-state index contributed by atoms with van der Waals surface area (Å²) in [5.41, 5.74) is 1.18. The van der Waals surface area contributed by atoms with E-state index in [1.54, 1.807) is 18.2 Å². The number of aliphatic hydroxyl groups excluding tert-OH is 1. The Hall–Kier alpha value is -2.22. The summed E-state index contributed by atoms with van der Waals surface area (Å²) in [7, 11) is -0.529. The predicted molar refractivity (Wildman–Crippen MR) is 135 cm³/mol. The Morgan fingerprint density at radius 1 is 1.05 bits per heavy atom. The van der Waals surface area contributed by atoms with Crippen molar-refractivity contribution in [2.24, 2.45) is 0 Å². The molecule has 3 aromatic rings. The molecule has 6 rings (SSSR count). The lowest BCUT2D eigenvalue weighted by Gasteiger charge is -2.32. The topological polar surface area (TPSA) is 84.2 Å². The molecule has 0 amide bonds. The molecule has 1 aromatic carbocycles. The zero-order valence-corrected chi connectivity index (χ0v) is 21.6. The van der Waals surface area contributed by atoms with Gasteiger partial charge in [0.2, 0.25) is 5.88 Å². The van der Waals surface area contributed by atoms with Gasteiger partial charge < -0.3 is 28.6 Å². The van der Waals surface area contributed by atoms with Crippen LogP contribution in [0.25, 0.3) is 22.3 Å². The Labute approximate surface area is 217 Å². The molecule has 1 N–H and O–H groups in total. The minimum atomic E-state index is -0.727. The van der Waals surface area contributed by atoms with E-state index in [0.29, 0.717) is 11.1 Å². The molecule has 4 atom stereocenters. The van der Waals surface area contributed by atoms with Gasteiger partial charge in [-0.2, -0.15) is 0 Å². The van der Waals surface area contributed by atoms with Crippen molar-refractivity contribution in [1.82, 2.24) is 8.96 Å². The van der Waals surface area contributed by atoms with Crippen molar-refractivity contribution in [2.75, 3.05) is 13.2 Å². The highest BCUT2D eigenvalue weighted by atomic mass is 32.2. The fourth-order valence-corrected chi connectivity index (χ4v) is 5.27. The van der Waals surface area contributed by atoms with Gasteiger partial charge in [-0.3, -0.25) is 0 Å². The first kappa shape index (κ1) is 25.1. The van der Waals surface area contributed by atoms with E-state index in [2.05, 4.69) is 4.98 Å². The van der Waals surface area contributed by atoms with E-state index in [-0.39, 0.29) is 42.6 Å². The van der Waals surface area contributed by atoms with Gasteiger partial charge >= 0.3 is 7.12 Å². The SMILES string of the molecule is CC1(C)OB(c2ccc(-c3nc4cc(O[C@@H]5CO[C@H]6[C@@H]5OC[C@H]6O)n(SF)c4cc3F)cc2)OC1(C)C. The van der Waals surface area contributed by atoms with Gasteiger partial charge in [0, 0.05) is 17.7 Å². The molecule has 0 aliphatic carbocycles. The summed E-state index contributed by atoms with van der Waals surface area (Å²) in [6.07, 6.45) is -2.21. The first-order valence-corrected chi connectivity index (χ1v) is 12.8. The molecule has 12 heteroatoms. The Bertz CT molecular complexity index is 1320. The second-order valence-corrected chi connectivity index (χ2v) is 11.1. The van der Waals surface area contributed by atoms with E-state index >= 15 is 4.39 Å². The standard InChI is InChI=1S/C25H27BF2N2O6S/c1-24(2)25(3,4)36-26(35-24)14-7-5-13(6-8-14)21-15(27)9-17-16(29-21)10-20(30(17)37-28)34-19-12-33-22-18(31)11-32-23(19)22/h5-10,18-19,22-23,31H,11-12H2,1-4H3/t18-,19-,22-,23-/m1/s1. The molecule has 2 aromatic heterocycles. The van der Waals surface area contributed by atoms with Crippen LogP contribution in [0.4, 0.5) is 8.28 Å². The number of aliphatic hydroxyl groups is 1. The highest BCUT2D eigenvalue weighted by Crippen LogP contribution is 2.38. The monoisotopic (exact) mass is 532 g/mol. The van der Waals surface area contributed by atoms with Crippen LogP contribution in [0.1, 0.15) is 27.7 Å². The Kier molecular flexibility index (Phi) is 6.05. The van der Waals surface area contributed by atoms with Crippen LogP contribution in [0.15, 0.2) is 36.4 Å². The highest BCUT2D eigenvalue weighted by molar-refractivity contribution is 7.93. The third kappa shape index (κ3) is 4.14. The number of pyridine rings is 1. The van der Waals surface area contributed by atoms with Crippen molar-refractivity contribution in [3.8, 4) is 17.1 Å². The van der Waals surface area contributed by atoms with Gasteiger partial charge in [0.25, 0.3) is 0 Å². The zero-order valence-electron chi connectivity index (χ0n) is 20.8. The Morgan fingerprint density at radius 2 is 1.73 bits per heavy atom. The summed E-state index contributed by atoms with van der Waals surface area (Å²) in [4.78, 5) is 4.48. The van der Waals surface area contributed by atoms with Crippen molar-refractivity contribution in [1.29, 1.82) is 0 Å². The van der Waals surface area contributed by atoms with Crippen LogP contribution in [0.3, 0.4) is 0 Å². The lowest BCUT2D eigenvalue weighted by Crippen LogP contribution is -2.41. The number of hydrogen-bond donors (Lipinski definition) is 1. The predicted octanol–water partition coefficient (Wildman–Crippen LogP) is 3.43. The first-order chi connectivity index (χ1) is 17.6. The van der Waals surface area contributed by atoms with Crippen molar-refractivity contribution in [3.05, 3.63) is 42.2 Å². The number of hydrogen-bond acceptors (Lipinski definition) is 8. The number of halogens is 2. The number of fused-ring (bicyclic) bond motifs is 2. The molecule has 0 radical (unpaired) electrons. The summed E-state index contributed by atoms with van der Waals surface area (Å²) >= 11 is -0.107. The molecule has 3 aliphatic rings. The molecule has 3 saturated heterocycles. The third-order valence-electron chi connectivity index (χ3n) is 7.70. The van der Waals surface area contributed by atoms with Gasteiger partial charge in [-0.1, -0.05) is 24.3 Å². The summed E-state index contributed by atoms with van der Waals surface area (Å²) in [6.45, 7) is 8.28. The van der Waals surface area contributed by atoms with Gasteiger partial charge in [-0.25, -0.2) is 13.3 Å². The molecule has 3 aliphatic heterocycles. The quantitative estimate of drug-likeness (QED) is 0.501. The van der Waals surface area contributed by atoms with Crippen LogP contribution in [0, 0.1) is 5.82 Å². The van der Waals surface area contributed by atoms with Crippen LogP contribution in [0.2, 0.25) is 0 Å². The average Bonchev–Trinajstić information content (AvgIpc) is 3.57. The molecule has 8 nitrogen and oxygen atoms in total. The molecule has 5 heterocycles. The maximum Gasteiger partial charge on any atom is 0.494 e. The minimum Gasteiger partial charge on any atom is -0.469 e. The van der Waals surface area contributed by atoms with Crippen LogP contribution in [0.5, 0.6) is 5.88 Å². The van der Waals surface area contributed by atoms with Crippen LogP contribution < -0.4 is 10.2 Å². The number of benzene rings is 1. The summed E-state index contributed by atoms with van der Waals surface area (Å²) in [5, 5.41) is 9.95. The largest absolute Gasteiger partial charge is 0.494 e. The van der Waals surface area contributed by atoms with Crippen molar-refractivity contribution in [2.45, 2.75) is 63.3 Å². The second kappa shape index (κ2) is 8.93. The fourth-order valence-electron chi connectivity index (χ4n) is 4.89. The third-order valence-corrected chi connectivity index (χ3v) is 8.21. The van der Waals surface area contributed by atoms with Crippen molar-refractivity contribution < 1.29 is 36.9 Å². The maximum absolute atomic E-state index is 15.2. The van der Waals surface area contributed by atoms with E-state index in [1.807, 2.05) is 39.8 Å². The van der Waals surface area contributed by atoms with E-state index in [0.717, 1.165) is 9.44 Å². The van der Waals surface area contributed by atoms with E-state index < -0.39 is 48.6 Å². The number of rotatable bonds is 5. The number of aromatic nitrogens is 2. The van der Waals surface area contributed by atoms with Crippen LogP contribution >= 0.6 is 12.3 Å². The normalized spacial score (nSPS) is 28.2. The van der Waals surface area contributed by atoms with Gasteiger partial charge in [0.1, 0.15) is 24.0 Å². The molecule has 3 fully saturated rings. The Balaban J connectivity index is 1.27. The first-order valence-electron chi connectivity index (χ1n) is 12.1. The molecule has 196 valence electrons. The lowest BCUT2D eigenvalue weighted by molar-refractivity contribution is 0.00578. The zero-order chi connectivity index (χ0) is 26.1. The van der Waals surface area contributed by atoms with Gasteiger partial charge in [-0.15, -0.1) is 3.89 Å². The van der Waals surface area contributed by atoms with E-state index in [9.17, 15) is 8.99 Å². The summed E-state index contributed by atoms with van der Waals surface area (Å²) in [5.74, 6) is -0.441. The smallest absolute Gasteiger partial charge is 0.469 e. The molecule has 0 bridgehead atoms. The minimum absolute atomic E-state index is 0.107. The molecular formula is C25H27BF2N2O6S. The van der Waals surface area contributed by atoms with Gasteiger partial charge in [0.15, 0.2) is 24.3 Å². The highest BCUT2D eigenvalue weighted by Gasteiger charge is 2.52. The van der Waals surface area contributed by atoms with Crippen molar-refractivity contribution >= 4 is 35.9 Å².